The van der Waals surface area contributed by atoms with Crippen LogP contribution in [0, 0.1) is 0 Å². The van der Waals surface area contributed by atoms with E-state index in [1.165, 1.54) is 12.5 Å². The zero-order valence-corrected chi connectivity index (χ0v) is 14.8. The van der Waals surface area contributed by atoms with Crippen LogP contribution in [-0.2, 0) is 20.7 Å². The summed E-state index contributed by atoms with van der Waals surface area (Å²) in [4.78, 5) is 28.2. The van der Waals surface area contributed by atoms with Crippen LogP contribution in [0.5, 0.6) is 0 Å². The van der Waals surface area contributed by atoms with E-state index in [0.29, 0.717) is 6.04 Å². The zero-order valence-electron chi connectivity index (χ0n) is 14.8. The maximum atomic E-state index is 12.6. The van der Waals surface area contributed by atoms with Crippen LogP contribution in [-0.4, -0.2) is 73.1 Å². The van der Waals surface area contributed by atoms with Crippen molar-refractivity contribution in [2.24, 2.45) is 0 Å². The maximum Gasteiger partial charge on any atom is 0.242 e. The second-order valence-corrected chi connectivity index (χ2v) is 6.76. The van der Waals surface area contributed by atoms with Gasteiger partial charge in [0.25, 0.3) is 0 Å². The summed E-state index contributed by atoms with van der Waals surface area (Å²) < 4.78 is 5.48. The molecule has 0 spiro atoms. The highest BCUT2D eigenvalue weighted by atomic mass is 16.5. The van der Waals surface area contributed by atoms with Crippen molar-refractivity contribution in [3.05, 3.63) is 35.9 Å². The quantitative estimate of drug-likeness (QED) is 0.852. The topological polar surface area (TPSA) is 61.9 Å². The molecule has 0 aromatic heterocycles. The van der Waals surface area contributed by atoms with Gasteiger partial charge in [-0.3, -0.25) is 14.5 Å². The zero-order chi connectivity index (χ0) is 17.6. The summed E-state index contributed by atoms with van der Waals surface area (Å²) in [5.74, 6) is -0.163. The Kier molecular flexibility index (Phi) is 6.04. The average Bonchev–Trinajstić information content (AvgIpc) is 3.05. The molecule has 3 rings (SSSR count). The van der Waals surface area contributed by atoms with Crippen LogP contribution in [0.25, 0.3) is 0 Å². The number of hydrogen-bond acceptors (Lipinski definition) is 4. The Morgan fingerprint density at radius 2 is 1.88 bits per heavy atom. The highest BCUT2D eigenvalue weighted by Crippen LogP contribution is 2.27. The summed E-state index contributed by atoms with van der Waals surface area (Å²) in [5, 5.41) is 2.64. The van der Waals surface area contributed by atoms with Crippen molar-refractivity contribution in [3.63, 3.8) is 0 Å². The Hall–Kier alpha value is -1.92. The number of nitrogens with one attached hydrogen (secondary N) is 1. The van der Waals surface area contributed by atoms with Crippen molar-refractivity contribution in [1.29, 1.82) is 0 Å². The lowest BCUT2D eigenvalue weighted by Crippen LogP contribution is -2.52. The molecule has 2 aliphatic rings. The molecule has 2 fully saturated rings. The first kappa shape index (κ1) is 17.9. The number of rotatable bonds is 5. The molecule has 6 heteroatoms. The minimum Gasteiger partial charge on any atom is -0.379 e. The Bertz CT molecular complexity index is 587. The molecule has 136 valence electrons. The predicted molar refractivity (Wildman–Crippen MR) is 95.1 cm³/mol. The molecule has 2 heterocycles. The number of likely N-dealkylation sites (tertiary alicyclic amines) is 1. The number of morpholine rings is 1. The molecule has 1 aromatic rings. The number of amides is 2. The fourth-order valence-corrected chi connectivity index (χ4v) is 3.89. The summed E-state index contributed by atoms with van der Waals surface area (Å²) in [6.45, 7) is 5.62. The summed E-state index contributed by atoms with van der Waals surface area (Å²) in [5.41, 5.74) is 1.24. The number of ether oxygens (including phenoxy) is 1. The SMILES string of the molecule is CC(=O)NCC(=O)N1CC[C@H](N2CCOCC2)[C@H]1Cc1ccccc1. The van der Waals surface area contributed by atoms with Gasteiger partial charge in [0.1, 0.15) is 0 Å². The van der Waals surface area contributed by atoms with Crippen molar-refractivity contribution in [3.8, 4) is 0 Å². The van der Waals surface area contributed by atoms with Crippen LogP contribution in [0.2, 0.25) is 0 Å². The van der Waals surface area contributed by atoms with E-state index >= 15 is 0 Å². The van der Waals surface area contributed by atoms with E-state index in [9.17, 15) is 9.59 Å². The van der Waals surface area contributed by atoms with Crippen LogP contribution < -0.4 is 5.32 Å². The number of benzene rings is 1. The molecular formula is C19H27N3O3. The van der Waals surface area contributed by atoms with Crippen LogP contribution in [0.4, 0.5) is 0 Å². The first-order valence-corrected chi connectivity index (χ1v) is 9.05. The normalized spacial score (nSPS) is 24.3. The summed E-state index contributed by atoms with van der Waals surface area (Å²) in [6.07, 6.45) is 1.82. The standard InChI is InChI=1S/C19H27N3O3/c1-15(23)20-14-19(24)22-8-7-17(21-9-11-25-12-10-21)18(22)13-16-5-3-2-4-6-16/h2-6,17-18H,7-14H2,1H3,(H,20,23)/t17-,18+/m0/s1. The van der Waals surface area contributed by atoms with Crippen molar-refractivity contribution >= 4 is 11.8 Å². The van der Waals surface area contributed by atoms with E-state index in [0.717, 1.165) is 45.7 Å². The summed E-state index contributed by atoms with van der Waals surface area (Å²) in [7, 11) is 0. The fourth-order valence-electron chi connectivity index (χ4n) is 3.89. The van der Waals surface area contributed by atoms with Gasteiger partial charge in [-0.15, -0.1) is 0 Å². The minimum atomic E-state index is -0.170. The third kappa shape index (κ3) is 4.58. The van der Waals surface area contributed by atoms with Gasteiger partial charge >= 0.3 is 0 Å². The van der Waals surface area contributed by atoms with Crippen molar-refractivity contribution in [2.75, 3.05) is 39.4 Å². The maximum absolute atomic E-state index is 12.6. The fraction of sp³-hybridized carbons (Fsp3) is 0.579. The van der Waals surface area contributed by atoms with Crippen molar-refractivity contribution in [1.82, 2.24) is 15.1 Å². The molecule has 2 aliphatic heterocycles. The number of hydrogen-bond donors (Lipinski definition) is 1. The largest absolute Gasteiger partial charge is 0.379 e. The van der Waals surface area contributed by atoms with Crippen LogP contribution in [0.3, 0.4) is 0 Å². The van der Waals surface area contributed by atoms with Crippen molar-refractivity contribution in [2.45, 2.75) is 31.8 Å². The minimum absolute atomic E-state index is 0.00638. The lowest BCUT2D eigenvalue weighted by Gasteiger charge is -2.37. The van der Waals surface area contributed by atoms with E-state index in [-0.39, 0.29) is 24.4 Å². The first-order valence-electron chi connectivity index (χ1n) is 9.05. The van der Waals surface area contributed by atoms with Gasteiger partial charge in [-0.05, 0) is 18.4 Å². The van der Waals surface area contributed by atoms with Crippen LogP contribution >= 0.6 is 0 Å². The van der Waals surface area contributed by atoms with Gasteiger partial charge in [0.05, 0.1) is 25.8 Å². The molecule has 25 heavy (non-hydrogen) atoms. The third-order valence-electron chi connectivity index (χ3n) is 5.12. The van der Waals surface area contributed by atoms with Gasteiger partial charge in [0.15, 0.2) is 0 Å². The first-order chi connectivity index (χ1) is 12.1. The van der Waals surface area contributed by atoms with E-state index < -0.39 is 0 Å². The Morgan fingerprint density at radius 3 is 2.56 bits per heavy atom. The second kappa shape index (κ2) is 8.45. The molecule has 1 aromatic carbocycles. The molecule has 0 radical (unpaired) electrons. The van der Waals surface area contributed by atoms with Gasteiger partial charge in [0.2, 0.25) is 11.8 Å². The van der Waals surface area contributed by atoms with Crippen molar-refractivity contribution < 1.29 is 14.3 Å². The molecule has 0 aliphatic carbocycles. The number of nitrogens with zero attached hydrogens (tertiary/aromatic N) is 2. The Balaban J connectivity index is 1.74. The van der Waals surface area contributed by atoms with Gasteiger partial charge in [0, 0.05) is 32.6 Å². The van der Waals surface area contributed by atoms with Crippen LogP contribution in [0.15, 0.2) is 30.3 Å². The summed E-state index contributed by atoms with van der Waals surface area (Å²) in [6, 6.07) is 10.8. The van der Waals surface area contributed by atoms with E-state index in [1.807, 2.05) is 23.1 Å². The molecule has 2 saturated heterocycles. The molecule has 2 amide bonds. The van der Waals surface area contributed by atoms with E-state index in [2.05, 4.69) is 22.3 Å². The highest BCUT2D eigenvalue weighted by molar-refractivity contribution is 5.84. The molecule has 0 unspecified atom stereocenters. The monoisotopic (exact) mass is 345 g/mol. The molecule has 0 bridgehead atoms. The number of carbonyl (C=O) groups is 2. The highest BCUT2D eigenvalue weighted by Gasteiger charge is 2.40. The third-order valence-corrected chi connectivity index (χ3v) is 5.12. The lowest BCUT2D eigenvalue weighted by atomic mass is 9.98. The average molecular weight is 345 g/mol. The lowest BCUT2D eigenvalue weighted by molar-refractivity contribution is -0.133. The van der Waals surface area contributed by atoms with E-state index in [4.69, 9.17) is 4.74 Å². The second-order valence-electron chi connectivity index (χ2n) is 6.76. The van der Waals surface area contributed by atoms with Gasteiger partial charge in [-0.1, -0.05) is 30.3 Å². The predicted octanol–water partition coefficient (Wildman–Crippen LogP) is 0.667. The Morgan fingerprint density at radius 1 is 1.16 bits per heavy atom. The Labute approximate surface area is 149 Å². The molecule has 6 nitrogen and oxygen atoms in total. The van der Waals surface area contributed by atoms with Crippen LogP contribution in [0.1, 0.15) is 18.9 Å². The molecule has 0 saturated carbocycles. The van der Waals surface area contributed by atoms with E-state index in [1.54, 1.807) is 0 Å². The summed E-state index contributed by atoms with van der Waals surface area (Å²) >= 11 is 0. The van der Waals surface area contributed by atoms with Gasteiger partial charge in [-0.2, -0.15) is 0 Å². The smallest absolute Gasteiger partial charge is 0.242 e. The van der Waals surface area contributed by atoms with Gasteiger partial charge in [-0.25, -0.2) is 0 Å². The molecule has 1 N–H and O–H groups in total. The van der Waals surface area contributed by atoms with Gasteiger partial charge < -0.3 is 15.0 Å². The molecular weight excluding hydrogens is 318 g/mol. The molecule has 2 atom stereocenters. The number of carbonyl (C=O) groups excluding carboxylic acids is 2.